The van der Waals surface area contributed by atoms with E-state index in [2.05, 4.69) is 21.7 Å². The molecule has 154 valence electrons. The first-order valence-electron chi connectivity index (χ1n) is 10.3. The third-order valence-corrected chi connectivity index (χ3v) is 5.70. The molecule has 2 aromatic rings. The van der Waals surface area contributed by atoms with Crippen molar-refractivity contribution in [1.29, 1.82) is 10.5 Å². The number of nitrogens with zero attached hydrogens (tertiary/aromatic N) is 3. The molecule has 7 nitrogen and oxygen atoms in total. The lowest BCUT2D eigenvalue weighted by Gasteiger charge is -2.32. The maximum atomic E-state index is 12.9. The Morgan fingerprint density at radius 3 is 2.63 bits per heavy atom. The van der Waals surface area contributed by atoms with Gasteiger partial charge in [-0.25, -0.2) is 4.98 Å². The molecule has 0 saturated heterocycles. The molecule has 0 radical (unpaired) electrons. The molecule has 1 aliphatic carbocycles. The van der Waals surface area contributed by atoms with Crippen LogP contribution in [0, 0.1) is 34.5 Å². The van der Waals surface area contributed by atoms with Crippen LogP contribution in [0.15, 0.2) is 36.4 Å². The molecule has 1 saturated carbocycles. The Kier molecular flexibility index (Phi) is 6.98. The maximum absolute atomic E-state index is 12.9. The van der Waals surface area contributed by atoms with E-state index < -0.39 is 17.9 Å². The van der Waals surface area contributed by atoms with Gasteiger partial charge in [0.2, 0.25) is 5.91 Å². The highest BCUT2D eigenvalue weighted by molar-refractivity contribution is 5.95. The van der Waals surface area contributed by atoms with Gasteiger partial charge in [-0.15, -0.1) is 0 Å². The first-order valence-corrected chi connectivity index (χ1v) is 10.3. The Morgan fingerprint density at radius 2 is 1.90 bits per heavy atom. The number of aromatic nitrogens is 1. The smallest absolute Gasteiger partial charge is 0.270 e. The minimum absolute atomic E-state index is 0.285. The van der Waals surface area contributed by atoms with Gasteiger partial charge in [0.15, 0.2) is 0 Å². The topological polar surface area (TPSA) is 119 Å². The summed E-state index contributed by atoms with van der Waals surface area (Å²) >= 11 is 0. The first kappa shape index (κ1) is 21.3. The normalized spacial score (nSPS) is 20.4. The van der Waals surface area contributed by atoms with E-state index in [0.717, 1.165) is 23.7 Å². The molecule has 1 aromatic heterocycles. The molecule has 1 fully saturated rings. The number of benzene rings is 1. The number of nitrogens with one attached hydrogen (secondary N) is 2. The summed E-state index contributed by atoms with van der Waals surface area (Å²) in [5.74, 6) is -1.59. The van der Waals surface area contributed by atoms with E-state index in [1.54, 1.807) is 6.07 Å². The third-order valence-electron chi connectivity index (χ3n) is 5.70. The van der Waals surface area contributed by atoms with Crippen LogP contribution in [0.5, 0.6) is 0 Å². The highest BCUT2D eigenvalue weighted by atomic mass is 16.2. The quantitative estimate of drug-likeness (QED) is 0.768. The van der Waals surface area contributed by atoms with Crippen molar-refractivity contribution in [3.8, 4) is 12.1 Å². The number of nitriles is 2. The van der Waals surface area contributed by atoms with Gasteiger partial charge in [0.05, 0.1) is 29.5 Å². The zero-order chi connectivity index (χ0) is 21.5. The van der Waals surface area contributed by atoms with Crippen LogP contribution in [0.25, 0.3) is 10.9 Å². The number of carbonyl (C=O) groups excluding carboxylic acids is 2. The lowest BCUT2D eigenvalue weighted by atomic mass is 9.83. The van der Waals surface area contributed by atoms with Crippen molar-refractivity contribution in [1.82, 2.24) is 15.6 Å². The monoisotopic (exact) mass is 403 g/mol. The fraction of sp³-hybridized carbons (Fsp3) is 0.435. The minimum Gasteiger partial charge on any atom is -0.347 e. The molecule has 1 heterocycles. The molecule has 2 unspecified atom stereocenters. The van der Waals surface area contributed by atoms with E-state index in [-0.39, 0.29) is 17.9 Å². The van der Waals surface area contributed by atoms with Crippen molar-refractivity contribution in [2.75, 3.05) is 0 Å². The first-order chi connectivity index (χ1) is 14.6. The SMILES string of the molecule is CCC(C#N)C(C#N)NC(=O)[C@@H]1CCCC[C@@H]1NC(=O)c1ccc2ccccc2n1. The van der Waals surface area contributed by atoms with Gasteiger partial charge in [0.25, 0.3) is 5.91 Å². The molecule has 0 aliphatic heterocycles. The number of amides is 2. The molecule has 0 bridgehead atoms. The summed E-state index contributed by atoms with van der Waals surface area (Å²) in [5, 5.41) is 25.2. The van der Waals surface area contributed by atoms with Crippen LogP contribution < -0.4 is 10.6 Å². The Hall–Kier alpha value is -3.45. The molecule has 2 N–H and O–H groups in total. The second-order valence-corrected chi connectivity index (χ2v) is 7.62. The number of hydrogen-bond acceptors (Lipinski definition) is 5. The van der Waals surface area contributed by atoms with Gasteiger partial charge in [-0.2, -0.15) is 10.5 Å². The minimum atomic E-state index is -0.854. The molecule has 2 amide bonds. The maximum Gasteiger partial charge on any atom is 0.270 e. The molecule has 7 heteroatoms. The number of rotatable bonds is 6. The van der Waals surface area contributed by atoms with E-state index in [9.17, 15) is 20.1 Å². The lowest BCUT2D eigenvalue weighted by molar-refractivity contribution is -0.127. The van der Waals surface area contributed by atoms with Crippen molar-refractivity contribution in [2.45, 2.75) is 51.1 Å². The second kappa shape index (κ2) is 9.84. The standard InChI is InChI=1S/C23H25N5O2/c1-2-15(13-24)21(14-25)28-22(29)17-8-4-6-10-19(17)27-23(30)20-12-11-16-7-3-5-9-18(16)26-20/h3,5,7,9,11-12,15,17,19,21H,2,4,6,8,10H2,1H3,(H,27,30)(H,28,29)/t15?,17-,19+,21?/m1/s1. The van der Waals surface area contributed by atoms with Gasteiger partial charge in [0.1, 0.15) is 11.7 Å². The van der Waals surface area contributed by atoms with E-state index in [1.807, 2.05) is 43.3 Å². The zero-order valence-electron chi connectivity index (χ0n) is 17.0. The van der Waals surface area contributed by atoms with E-state index in [1.165, 1.54) is 0 Å². The van der Waals surface area contributed by atoms with Crippen LogP contribution in [-0.2, 0) is 4.79 Å². The largest absolute Gasteiger partial charge is 0.347 e. The predicted molar refractivity (Wildman–Crippen MR) is 112 cm³/mol. The van der Waals surface area contributed by atoms with E-state index in [0.29, 0.717) is 25.0 Å². The van der Waals surface area contributed by atoms with Crippen molar-refractivity contribution in [3.63, 3.8) is 0 Å². The summed E-state index contributed by atoms with van der Waals surface area (Å²) in [6.45, 7) is 1.81. The molecule has 3 rings (SSSR count). The number of fused-ring (bicyclic) bond motifs is 1. The van der Waals surface area contributed by atoms with Gasteiger partial charge in [-0.05, 0) is 31.4 Å². The Balaban J connectivity index is 1.71. The van der Waals surface area contributed by atoms with Crippen LogP contribution in [-0.4, -0.2) is 28.9 Å². The van der Waals surface area contributed by atoms with E-state index >= 15 is 0 Å². The Morgan fingerprint density at radius 1 is 1.13 bits per heavy atom. The Labute approximate surface area is 176 Å². The molecule has 1 aliphatic rings. The van der Waals surface area contributed by atoms with Gasteiger partial charge in [0, 0.05) is 11.4 Å². The average molecular weight is 403 g/mol. The van der Waals surface area contributed by atoms with E-state index in [4.69, 9.17) is 0 Å². The van der Waals surface area contributed by atoms with Crippen molar-refractivity contribution >= 4 is 22.7 Å². The predicted octanol–water partition coefficient (Wildman–Crippen LogP) is 3.08. The lowest BCUT2D eigenvalue weighted by Crippen LogP contribution is -2.51. The zero-order valence-corrected chi connectivity index (χ0v) is 17.0. The fourth-order valence-corrected chi connectivity index (χ4v) is 3.94. The molecule has 30 heavy (non-hydrogen) atoms. The molecular formula is C23H25N5O2. The van der Waals surface area contributed by atoms with Crippen molar-refractivity contribution in [2.24, 2.45) is 11.8 Å². The fourth-order valence-electron chi connectivity index (χ4n) is 3.94. The summed E-state index contributed by atoms with van der Waals surface area (Å²) in [6, 6.07) is 14.0. The Bertz CT molecular complexity index is 1010. The number of para-hydroxylation sites is 1. The van der Waals surface area contributed by atoms with Crippen LogP contribution >= 0.6 is 0 Å². The summed E-state index contributed by atoms with van der Waals surface area (Å²) in [7, 11) is 0. The van der Waals surface area contributed by atoms with Gasteiger partial charge in [-0.1, -0.05) is 44.0 Å². The molecule has 4 atom stereocenters. The number of hydrogen-bond donors (Lipinski definition) is 2. The molecule has 1 aromatic carbocycles. The summed E-state index contributed by atoms with van der Waals surface area (Å²) in [5.41, 5.74) is 1.05. The van der Waals surface area contributed by atoms with Gasteiger partial charge < -0.3 is 10.6 Å². The third kappa shape index (κ3) is 4.75. The van der Waals surface area contributed by atoms with Crippen LogP contribution in [0.1, 0.15) is 49.5 Å². The number of carbonyl (C=O) groups is 2. The van der Waals surface area contributed by atoms with Crippen LogP contribution in [0.4, 0.5) is 0 Å². The molecule has 0 spiro atoms. The summed E-state index contributed by atoms with van der Waals surface area (Å²) < 4.78 is 0. The molecular weight excluding hydrogens is 378 g/mol. The van der Waals surface area contributed by atoms with Gasteiger partial charge >= 0.3 is 0 Å². The summed E-state index contributed by atoms with van der Waals surface area (Å²) in [6.07, 6.45) is 3.59. The average Bonchev–Trinajstić information content (AvgIpc) is 2.79. The highest BCUT2D eigenvalue weighted by Gasteiger charge is 2.34. The highest BCUT2D eigenvalue weighted by Crippen LogP contribution is 2.26. The van der Waals surface area contributed by atoms with Crippen LogP contribution in [0.2, 0.25) is 0 Å². The second-order valence-electron chi connectivity index (χ2n) is 7.62. The van der Waals surface area contributed by atoms with Gasteiger partial charge in [-0.3, -0.25) is 9.59 Å². The summed E-state index contributed by atoms with van der Waals surface area (Å²) in [4.78, 5) is 30.1. The van der Waals surface area contributed by atoms with Crippen molar-refractivity contribution < 1.29 is 9.59 Å². The number of pyridine rings is 1. The van der Waals surface area contributed by atoms with Crippen LogP contribution in [0.3, 0.4) is 0 Å². The van der Waals surface area contributed by atoms with Crippen molar-refractivity contribution in [3.05, 3.63) is 42.1 Å².